The SMILES string of the molecule is CNC(=O)c1ccccc1NC(=O)CC(c1ccc(OC)c(OC)c1)C1CC1. The molecule has 0 radical (unpaired) electrons. The van der Waals surface area contributed by atoms with E-state index < -0.39 is 0 Å². The minimum atomic E-state index is -0.227. The quantitative estimate of drug-likeness (QED) is 0.732. The minimum Gasteiger partial charge on any atom is -0.493 e. The van der Waals surface area contributed by atoms with Crippen LogP contribution >= 0.6 is 0 Å². The third kappa shape index (κ3) is 4.44. The van der Waals surface area contributed by atoms with Crippen LogP contribution in [0.25, 0.3) is 0 Å². The summed E-state index contributed by atoms with van der Waals surface area (Å²) in [6, 6.07) is 12.8. The van der Waals surface area contributed by atoms with Gasteiger partial charge in [0.1, 0.15) is 0 Å². The average Bonchev–Trinajstić information content (AvgIpc) is 3.56. The smallest absolute Gasteiger partial charge is 0.253 e. The van der Waals surface area contributed by atoms with E-state index in [1.807, 2.05) is 18.2 Å². The van der Waals surface area contributed by atoms with Gasteiger partial charge in [0.25, 0.3) is 5.91 Å². The van der Waals surface area contributed by atoms with E-state index in [2.05, 4.69) is 10.6 Å². The first-order chi connectivity index (χ1) is 13.6. The molecule has 0 heterocycles. The highest BCUT2D eigenvalue weighted by Gasteiger charge is 2.34. The fraction of sp³-hybridized carbons (Fsp3) is 0.364. The van der Waals surface area contributed by atoms with Gasteiger partial charge in [0.15, 0.2) is 11.5 Å². The number of carbonyl (C=O) groups excluding carboxylic acids is 2. The molecule has 0 bridgehead atoms. The molecule has 1 fully saturated rings. The number of anilines is 1. The third-order valence-corrected chi connectivity index (χ3v) is 5.10. The number of hydrogen-bond donors (Lipinski definition) is 2. The molecule has 1 unspecified atom stereocenters. The van der Waals surface area contributed by atoms with E-state index in [1.54, 1.807) is 45.5 Å². The monoisotopic (exact) mass is 382 g/mol. The van der Waals surface area contributed by atoms with Gasteiger partial charge < -0.3 is 20.1 Å². The first kappa shape index (κ1) is 19.7. The van der Waals surface area contributed by atoms with E-state index in [0.717, 1.165) is 18.4 Å². The highest BCUT2D eigenvalue weighted by atomic mass is 16.5. The summed E-state index contributed by atoms with van der Waals surface area (Å²) in [7, 11) is 4.78. The molecule has 2 aromatic rings. The van der Waals surface area contributed by atoms with Crippen molar-refractivity contribution >= 4 is 17.5 Å². The van der Waals surface area contributed by atoms with Crippen LogP contribution in [0, 0.1) is 5.92 Å². The molecule has 148 valence electrons. The molecule has 3 rings (SSSR count). The number of benzene rings is 2. The highest BCUT2D eigenvalue weighted by molar-refractivity contribution is 6.03. The molecule has 1 atom stereocenters. The number of rotatable bonds is 8. The van der Waals surface area contributed by atoms with E-state index in [4.69, 9.17) is 9.47 Å². The van der Waals surface area contributed by atoms with Crippen molar-refractivity contribution in [1.82, 2.24) is 5.32 Å². The van der Waals surface area contributed by atoms with E-state index >= 15 is 0 Å². The molecular weight excluding hydrogens is 356 g/mol. The van der Waals surface area contributed by atoms with E-state index in [0.29, 0.717) is 35.1 Å². The molecule has 0 aliphatic heterocycles. The van der Waals surface area contributed by atoms with Gasteiger partial charge in [0, 0.05) is 13.5 Å². The predicted molar refractivity (Wildman–Crippen MR) is 108 cm³/mol. The Morgan fingerprint density at radius 1 is 1.07 bits per heavy atom. The fourth-order valence-electron chi connectivity index (χ4n) is 3.46. The van der Waals surface area contributed by atoms with Gasteiger partial charge in [0.2, 0.25) is 5.91 Å². The Balaban J connectivity index is 1.77. The van der Waals surface area contributed by atoms with Crippen LogP contribution in [-0.2, 0) is 4.79 Å². The van der Waals surface area contributed by atoms with Crippen molar-refractivity contribution in [2.75, 3.05) is 26.6 Å². The van der Waals surface area contributed by atoms with Gasteiger partial charge in [-0.1, -0.05) is 18.2 Å². The van der Waals surface area contributed by atoms with Gasteiger partial charge in [0.05, 0.1) is 25.5 Å². The molecule has 6 nitrogen and oxygen atoms in total. The minimum absolute atomic E-state index is 0.104. The van der Waals surface area contributed by atoms with Crippen LogP contribution in [0.5, 0.6) is 11.5 Å². The van der Waals surface area contributed by atoms with Gasteiger partial charge in [-0.3, -0.25) is 9.59 Å². The predicted octanol–water partition coefficient (Wildman–Crippen LogP) is 3.59. The van der Waals surface area contributed by atoms with Crippen molar-refractivity contribution in [1.29, 1.82) is 0 Å². The second-order valence-corrected chi connectivity index (χ2v) is 6.94. The van der Waals surface area contributed by atoms with Crippen molar-refractivity contribution in [3.8, 4) is 11.5 Å². The van der Waals surface area contributed by atoms with Crippen molar-refractivity contribution in [3.05, 3.63) is 53.6 Å². The number of ether oxygens (including phenoxy) is 2. The zero-order chi connectivity index (χ0) is 20.1. The molecule has 2 amide bonds. The van der Waals surface area contributed by atoms with Gasteiger partial charge >= 0.3 is 0 Å². The molecule has 2 N–H and O–H groups in total. The Bertz CT molecular complexity index is 861. The fourth-order valence-corrected chi connectivity index (χ4v) is 3.46. The van der Waals surface area contributed by atoms with Crippen LogP contribution in [0.15, 0.2) is 42.5 Å². The lowest BCUT2D eigenvalue weighted by Crippen LogP contribution is -2.22. The molecule has 0 aromatic heterocycles. The Morgan fingerprint density at radius 3 is 2.43 bits per heavy atom. The van der Waals surface area contributed by atoms with Gasteiger partial charge in [-0.15, -0.1) is 0 Å². The van der Waals surface area contributed by atoms with Crippen molar-refractivity contribution in [3.63, 3.8) is 0 Å². The summed E-state index contributed by atoms with van der Waals surface area (Å²) in [6.07, 6.45) is 2.57. The zero-order valence-electron chi connectivity index (χ0n) is 16.5. The number of carbonyl (C=O) groups is 2. The third-order valence-electron chi connectivity index (χ3n) is 5.10. The summed E-state index contributed by atoms with van der Waals surface area (Å²) in [6.45, 7) is 0. The van der Waals surface area contributed by atoms with E-state index in [9.17, 15) is 9.59 Å². The zero-order valence-corrected chi connectivity index (χ0v) is 16.5. The molecule has 0 spiro atoms. The van der Waals surface area contributed by atoms with Crippen molar-refractivity contribution < 1.29 is 19.1 Å². The largest absolute Gasteiger partial charge is 0.493 e. The Hall–Kier alpha value is -3.02. The molecule has 1 saturated carbocycles. The van der Waals surface area contributed by atoms with Gasteiger partial charge in [-0.05, 0) is 54.5 Å². The summed E-state index contributed by atoms with van der Waals surface area (Å²) >= 11 is 0. The lowest BCUT2D eigenvalue weighted by atomic mass is 9.90. The molecule has 28 heavy (non-hydrogen) atoms. The first-order valence-corrected chi connectivity index (χ1v) is 9.40. The van der Waals surface area contributed by atoms with Crippen LogP contribution in [-0.4, -0.2) is 33.1 Å². The second kappa shape index (κ2) is 8.78. The topological polar surface area (TPSA) is 76.7 Å². The highest BCUT2D eigenvalue weighted by Crippen LogP contribution is 2.46. The van der Waals surface area contributed by atoms with Gasteiger partial charge in [-0.2, -0.15) is 0 Å². The Labute approximate surface area is 165 Å². The molecule has 2 aromatic carbocycles. The van der Waals surface area contributed by atoms with Crippen LogP contribution in [0.3, 0.4) is 0 Å². The lowest BCUT2D eigenvalue weighted by Gasteiger charge is -2.19. The summed E-state index contributed by atoms with van der Waals surface area (Å²) in [4.78, 5) is 24.8. The summed E-state index contributed by atoms with van der Waals surface area (Å²) < 4.78 is 10.7. The molecular formula is C22H26N2O4. The van der Waals surface area contributed by atoms with Crippen LogP contribution in [0.2, 0.25) is 0 Å². The van der Waals surface area contributed by atoms with Crippen LogP contribution in [0.4, 0.5) is 5.69 Å². The first-order valence-electron chi connectivity index (χ1n) is 9.40. The number of amides is 2. The summed E-state index contributed by atoms with van der Waals surface area (Å²) in [5, 5.41) is 5.50. The maximum Gasteiger partial charge on any atom is 0.253 e. The number of para-hydroxylation sites is 1. The standard InChI is InChI=1S/C22H26N2O4/c1-23-22(26)16-6-4-5-7-18(16)24-21(25)13-17(14-8-9-14)15-10-11-19(27-2)20(12-15)28-3/h4-7,10-12,14,17H,8-9,13H2,1-3H3,(H,23,26)(H,24,25). The lowest BCUT2D eigenvalue weighted by molar-refractivity contribution is -0.116. The maximum atomic E-state index is 12.8. The number of methoxy groups -OCH3 is 2. The molecule has 1 aliphatic rings. The van der Waals surface area contributed by atoms with Gasteiger partial charge in [-0.25, -0.2) is 0 Å². The Kier molecular flexibility index (Phi) is 6.19. The summed E-state index contributed by atoms with van der Waals surface area (Å²) in [5.41, 5.74) is 2.04. The van der Waals surface area contributed by atoms with E-state index in [-0.39, 0.29) is 17.7 Å². The molecule has 6 heteroatoms. The summed E-state index contributed by atoms with van der Waals surface area (Å²) in [5.74, 6) is 1.59. The maximum absolute atomic E-state index is 12.8. The second-order valence-electron chi connectivity index (χ2n) is 6.94. The Morgan fingerprint density at radius 2 is 1.79 bits per heavy atom. The van der Waals surface area contributed by atoms with Crippen molar-refractivity contribution in [2.45, 2.75) is 25.2 Å². The normalized spacial score (nSPS) is 14.1. The van der Waals surface area contributed by atoms with E-state index in [1.165, 1.54) is 0 Å². The van der Waals surface area contributed by atoms with Crippen LogP contribution < -0.4 is 20.1 Å². The molecule has 0 saturated heterocycles. The number of hydrogen-bond acceptors (Lipinski definition) is 4. The van der Waals surface area contributed by atoms with Crippen LogP contribution in [0.1, 0.15) is 41.1 Å². The molecule has 1 aliphatic carbocycles. The number of nitrogens with one attached hydrogen (secondary N) is 2. The average molecular weight is 382 g/mol. The van der Waals surface area contributed by atoms with Crippen molar-refractivity contribution in [2.24, 2.45) is 5.92 Å².